The molecule has 3 aromatic rings. The Morgan fingerprint density at radius 1 is 1.11 bits per heavy atom. The topological polar surface area (TPSA) is 69.3 Å². The lowest BCUT2D eigenvalue weighted by Gasteiger charge is -2.11. The molecule has 6 heteroatoms. The molecule has 2 aromatic carbocycles. The SMILES string of the molecule is CN=C(NCCc1c[nH]c2cc(C)ccc12)NCCS(=O)Cc1ccccc1. The molecule has 3 rings (SSSR count). The van der Waals surface area contributed by atoms with E-state index in [1.165, 1.54) is 22.0 Å². The highest BCUT2D eigenvalue weighted by Crippen LogP contribution is 2.19. The van der Waals surface area contributed by atoms with Gasteiger partial charge in [-0.05, 0) is 36.1 Å². The second-order valence-electron chi connectivity index (χ2n) is 6.81. The summed E-state index contributed by atoms with van der Waals surface area (Å²) in [6.07, 6.45) is 2.98. The number of nitrogens with zero attached hydrogens (tertiary/aromatic N) is 1. The van der Waals surface area contributed by atoms with Gasteiger partial charge < -0.3 is 15.6 Å². The number of benzene rings is 2. The maximum Gasteiger partial charge on any atom is 0.191 e. The largest absolute Gasteiger partial charge is 0.361 e. The first-order valence-electron chi connectivity index (χ1n) is 9.56. The molecular weight excluding hydrogens is 368 g/mol. The molecule has 0 radical (unpaired) electrons. The molecule has 1 unspecified atom stereocenters. The summed E-state index contributed by atoms with van der Waals surface area (Å²) in [5.74, 6) is 1.93. The number of fused-ring (bicyclic) bond motifs is 1. The van der Waals surface area contributed by atoms with E-state index in [4.69, 9.17) is 0 Å². The number of rotatable bonds is 8. The van der Waals surface area contributed by atoms with E-state index < -0.39 is 10.8 Å². The van der Waals surface area contributed by atoms with Gasteiger partial charge in [0.25, 0.3) is 0 Å². The summed E-state index contributed by atoms with van der Waals surface area (Å²) in [6.45, 7) is 3.52. The van der Waals surface area contributed by atoms with E-state index in [2.05, 4.69) is 51.9 Å². The van der Waals surface area contributed by atoms with E-state index in [1.54, 1.807) is 7.05 Å². The Bertz CT molecular complexity index is 950. The Morgan fingerprint density at radius 3 is 2.68 bits per heavy atom. The molecule has 148 valence electrons. The molecule has 0 saturated heterocycles. The van der Waals surface area contributed by atoms with Crippen molar-refractivity contribution in [1.29, 1.82) is 0 Å². The Morgan fingerprint density at radius 2 is 1.89 bits per heavy atom. The number of aromatic amines is 1. The van der Waals surface area contributed by atoms with Crippen molar-refractivity contribution in [3.63, 3.8) is 0 Å². The summed E-state index contributed by atoms with van der Waals surface area (Å²) < 4.78 is 12.2. The second-order valence-corrected chi connectivity index (χ2v) is 8.39. The van der Waals surface area contributed by atoms with Crippen LogP contribution in [0.25, 0.3) is 10.9 Å². The predicted molar refractivity (Wildman–Crippen MR) is 119 cm³/mol. The average molecular weight is 397 g/mol. The lowest BCUT2D eigenvalue weighted by atomic mass is 10.1. The van der Waals surface area contributed by atoms with Gasteiger partial charge in [0.2, 0.25) is 0 Å². The molecule has 0 aliphatic heterocycles. The van der Waals surface area contributed by atoms with Gasteiger partial charge >= 0.3 is 0 Å². The third-order valence-corrected chi connectivity index (χ3v) is 5.94. The van der Waals surface area contributed by atoms with Crippen molar-refractivity contribution >= 4 is 27.7 Å². The van der Waals surface area contributed by atoms with Gasteiger partial charge in [0.05, 0.1) is 0 Å². The Labute approximate surface area is 169 Å². The molecule has 3 N–H and O–H groups in total. The monoisotopic (exact) mass is 396 g/mol. The summed E-state index contributed by atoms with van der Waals surface area (Å²) in [5.41, 5.74) is 4.84. The van der Waals surface area contributed by atoms with Crippen molar-refractivity contribution < 1.29 is 4.21 Å². The summed E-state index contributed by atoms with van der Waals surface area (Å²) in [5, 5.41) is 7.85. The number of hydrogen-bond donors (Lipinski definition) is 3. The lowest BCUT2D eigenvalue weighted by Crippen LogP contribution is -2.40. The van der Waals surface area contributed by atoms with Crippen LogP contribution in [0.3, 0.4) is 0 Å². The lowest BCUT2D eigenvalue weighted by molar-refractivity contribution is 0.680. The van der Waals surface area contributed by atoms with E-state index in [-0.39, 0.29) is 0 Å². The van der Waals surface area contributed by atoms with Gasteiger partial charge in [-0.1, -0.05) is 42.5 Å². The molecule has 0 aliphatic rings. The normalized spacial score (nSPS) is 12.9. The van der Waals surface area contributed by atoms with E-state index in [1.807, 2.05) is 30.3 Å². The Kier molecular flexibility index (Phi) is 7.25. The third kappa shape index (κ3) is 5.70. The molecule has 1 heterocycles. The molecule has 1 aromatic heterocycles. The summed E-state index contributed by atoms with van der Waals surface area (Å²) in [7, 11) is 0.868. The van der Waals surface area contributed by atoms with Gasteiger partial charge in [0.15, 0.2) is 5.96 Å². The molecule has 28 heavy (non-hydrogen) atoms. The van der Waals surface area contributed by atoms with Gasteiger partial charge in [-0.25, -0.2) is 0 Å². The molecule has 0 spiro atoms. The highest BCUT2D eigenvalue weighted by Gasteiger charge is 2.05. The zero-order valence-electron chi connectivity index (χ0n) is 16.5. The van der Waals surface area contributed by atoms with Crippen LogP contribution >= 0.6 is 0 Å². The van der Waals surface area contributed by atoms with Crippen LogP contribution < -0.4 is 10.6 Å². The van der Waals surface area contributed by atoms with E-state index in [0.29, 0.717) is 18.1 Å². The van der Waals surface area contributed by atoms with Gasteiger partial charge in [-0.3, -0.25) is 9.20 Å². The van der Waals surface area contributed by atoms with Crippen LogP contribution in [0.1, 0.15) is 16.7 Å². The molecule has 1 atom stereocenters. The molecule has 0 saturated carbocycles. The molecule has 0 aliphatic carbocycles. The molecular formula is C22H28N4OS. The van der Waals surface area contributed by atoms with Crippen molar-refractivity contribution in [3.8, 4) is 0 Å². The first-order chi connectivity index (χ1) is 13.7. The standard InChI is InChI=1S/C22H28N4OS/c1-17-8-9-20-19(15-26-21(20)14-17)10-11-24-22(23-2)25-12-13-28(27)16-18-6-4-3-5-7-18/h3-9,14-15,26H,10-13,16H2,1-2H3,(H2,23,24,25). The molecule has 0 fully saturated rings. The van der Waals surface area contributed by atoms with Crippen LogP contribution in [-0.2, 0) is 23.0 Å². The first-order valence-corrected chi connectivity index (χ1v) is 11.0. The summed E-state index contributed by atoms with van der Waals surface area (Å²) in [4.78, 5) is 7.59. The maximum absolute atomic E-state index is 12.2. The second kappa shape index (κ2) is 10.1. The summed E-state index contributed by atoms with van der Waals surface area (Å²) >= 11 is 0. The smallest absolute Gasteiger partial charge is 0.191 e. The minimum Gasteiger partial charge on any atom is -0.361 e. The van der Waals surface area contributed by atoms with E-state index in [9.17, 15) is 4.21 Å². The number of hydrogen-bond acceptors (Lipinski definition) is 2. The fraction of sp³-hybridized carbons (Fsp3) is 0.318. The molecule has 0 bridgehead atoms. The maximum atomic E-state index is 12.2. The number of aryl methyl sites for hydroxylation is 1. The van der Waals surface area contributed by atoms with Crippen LogP contribution in [0, 0.1) is 6.92 Å². The quantitative estimate of drug-likeness (QED) is 0.405. The minimum absolute atomic E-state index is 0.592. The molecule has 0 amide bonds. The highest BCUT2D eigenvalue weighted by atomic mass is 32.2. The van der Waals surface area contributed by atoms with Crippen molar-refractivity contribution in [1.82, 2.24) is 15.6 Å². The van der Waals surface area contributed by atoms with Gasteiger partial charge in [-0.2, -0.15) is 0 Å². The average Bonchev–Trinajstić information content (AvgIpc) is 3.09. The predicted octanol–water partition coefficient (Wildman–Crippen LogP) is 3.13. The third-order valence-electron chi connectivity index (χ3n) is 4.63. The highest BCUT2D eigenvalue weighted by molar-refractivity contribution is 7.84. The summed E-state index contributed by atoms with van der Waals surface area (Å²) in [6, 6.07) is 16.4. The van der Waals surface area contributed by atoms with Crippen molar-refractivity contribution in [2.45, 2.75) is 19.1 Å². The van der Waals surface area contributed by atoms with Gasteiger partial charge in [0.1, 0.15) is 0 Å². The van der Waals surface area contributed by atoms with Crippen molar-refractivity contribution in [2.24, 2.45) is 4.99 Å². The van der Waals surface area contributed by atoms with Crippen LogP contribution in [0.5, 0.6) is 0 Å². The zero-order chi connectivity index (χ0) is 19.8. The van der Waals surface area contributed by atoms with Crippen molar-refractivity contribution in [2.75, 3.05) is 25.9 Å². The number of nitrogens with one attached hydrogen (secondary N) is 3. The number of aromatic nitrogens is 1. The number of aliphatic imine (C=N–C) groups is 1. The minimum atomic E-state index is -0.887. The van der Waals surface area contributed by atoms with Crippen LogP contribution in [0.4, 0.5) is 0 Å². The van der Waals surface area contributed by atoms with Crippen molar-refractivity contribution in [3.05, 3.63) is 71.4 Å². The van der Waals surface area contributed by atoms with Gasteiger partial charge in [0, 0.05) is 59.5 Å². The number of H-pyrrole nitrogens is 1. The van der Waals surface area contributed by atoms with Gasteiger partial charge in [-0.15, -0.1) is 0 Å². The number of guanidine groups is 1. The Hall–Kier alpha value is -2.60. The Balaban J connectivity index is 1.40. The van der Waals surface area contributed by atoms with E-state index in [0.717, 1.165) is 24.5 Å². The first kappa shape index (κ1) is 20.1. The van der Waals surface area contributed by atoms with E-state index >= 15 is 0 Å². The van der Waals surface area contributed by atoms with Crippen LogP contribution in [0.15, 0.2) is 59.7 Å². The van der Waals surface area contributed by atoms with Crippen LogP contribution in [-0.4, -0.2) is 41.0 Å². The molecule has 5 nitrogen and oxygen atoms in total. The zero-order valence-corrected chi connectivity index (χ0v) is 17.3. The van der Waals surface area contributed by atoms with Crippen LogP contribution in [0.2, 0.25) is 0 Å². The fourth-order valence-corrected chi connectivity index (χ4v) is 4.20. The fourth-order valence-electron chi connectivity index (χ4n) is 3.16.